The minimum atomic E-state index is -0.384. The van der Waals surface area contributed by atoms with Gasteiger partial charge in [-0.25, -0.2) is 5.10 Å². The molecule has 0 aliphatic heterocycles. The predicted molar refractivity (Wildman–Crippen MR) is 71.9 cm³/mol. The summed E-state index contributed by atoms with van der Waals surface area (Å²) in [6.45, 7) is 1.44. The maximum Gasteiger partial charge on any atom is 0.265 e. The molecule has 0 saturated heterocycles. The molecular formula is C13H11ClN2O3. The number of benzene rings is 1. The van der Waals surface area contributed by atoms with Crippen molar-refractivity contribution in [3.63, 3.8) is 0 Å². The summed E-state index contributed by atoms with van der Waals surface area (Å²) >= 11 is 5.95. The number of carbonyl (C=O) groups is 1. The molecule has 2 rings (SSSR count). The maximum atomic E-state index is 11.6. The van der Waals surface area contributed by atoms with Crippen molar-refractivity contribution in [3.8, 4) is 17.0 Å². The number of ketones is 1. The van der Waals surface area contributed by atoms with Crippen molar-refractivity contribution >= 4 is 17.4 Å². The first-order valence-electron chi connectivity index (χ1n) is 5.47. The zero-order valence-corrected chi connectivity index (χ0v) is 11.1. The van der Waals surface area contributed by atoms with Crippen molar-refractivity contribution in [1.29, 1.82) is 0 Å². The van der Waals surface area contributed by atoms with Crippen LogP contribution in [-0.2, 0) is 0 Å². The molecule has 0 radical (unpaired) electrons. The van der Waals surface area contributed by atoms with Gasteiger partial charge < -0.3 is 4.74 Å². The lowest BCUT2D eigenvalue weighted by molar-refractivity contribution is 0.101. The summed E-state index contributed by atoms with van der Waals surface area (Å²) in [6, 6.07) is 6.16. The molecule has 2 aromatic rings. The number of aromatic amines is 1. The number of halogens is 1. The molecule has 0 unspecified atom stereocenters. The number of hydrogen-bond acceptors (Lipinski definition) is 4. The number of H-pyrrole nitrogens is 1. The molecular weight excluding hydrogens is 268 g/mol. The number of hydrogen-bond donors (Lipinski definition) is 1. The fourth-order valence-corrected chi connectivity index (χ4v) is 1.96. The highest BCUT2D eigenvalue weighted by molar-refractivity contribution is 6.31. The SMILES string of the molecule is COc1n[nH]c(=O)cc1-c1cc(Cl)ccc1C(C)=O. The van der Waals surface area contributed by atoms with Crippen molar-refractivity contribution in [1.82, 2.24) is 10.2 Å². The molecule has 0 aliphatic carbocycles. The second-order valence-corrected chi connectivity index (χ2v) is 4.34. The van der Waals surface area contributed by atoms with Crippen LogP contribution in [0.4, 0.5) is 0 Å². The molecule has 1 aromatic carbocycles. The number of nitrogens with zero attached hydrogens (tertiary/aromatic N) is 1. The molecule has 19 heavy (non-hydrogen) atoms. The van der Waals surface area contributed by atoms with E-state index in [-0.39, 0.29) is 17.2 Å². The summed E-state index contributed by atoms with van der Waals surface area (Å²) in [5.74, 6) is 0.0957. The Labute approximate surface area is 114 Å². The summed E-state index contributed by atoms with van der Waals surface area (Å²) in [6.07, 6.45) is 0. The third-order valence-corrected chi connectivity index (χ3v) is 2.85. The number of Topliss-reactive ketones (excluding diaryl/α,β-unsaturated/α-hetero) is 1. The van der Waals surface area contributed by atoms with Gasteiger partial charge in [0.25, 0.3) is 5.56 Å². The molecule has 5 nitrogen and oxygen atoms in total. The monoisotopic (exact) mass is 278 g/mol. The minimum absolute atomic E-state index is 0.131. The molecule has 0 atom stereocenters. The zero-order chi connectivity index (χ0) is 14.0. The molecule has 0 fully saturated rings. The Balaban J connectivity index is 2.77. The van der Waals surface area contributed by atoms with Crippen molar-refractivity contribution in [2.45, 2.75) is 6.92 Å². The van der Waals surface area contributed by atoms with Crippen LogP contribution < -0.4 is 10.3 Å². The van der Waals surface area contributed by atoms with Crippen LogP contribution in [-0.4, -0.2) is 23.1 Å². The highest BCUT2D eigenvalue weighted by atomic mass is 35.5. The van der Waals surface area contributed by atoms with E-state index in [1.165, 1.54) is 20.1 Å². The average Bonchev–Trinajstić information content (AvgIpc) is 2.38. The van der Waals surface area contributed by atoms with E-state index in [1.54, 1.807) is 18.2 Å². The van der Waals surface area contributed by atoms with Gasteiger partial charge in [0.15, 0.2) is 5.78 Å². The van der Waals surface area contributed by atoms with E-state index in [2.05, 4.69) is 10.2 Å². The van der Waals surface area contributed by atoms with Crippen LogP contribution in [0.1, 0.15) is 17.3 Å². The number of aromatic nitrogens is 2. The Bertz CT molecular complexity index is 695. The van der Waals surface area contributed by atoms with Gasteiger partial charge in [0.2, 0.25) is 5.88 Å². The smallest absolute Gasteiger partial charge is 0.265 e. The molecule has 1 N–H and O–H groups in total. The van der Waals surface area contributed by atoms with E-state index in [0.29, 0.717) is 21.7 Å². The number of nitrogens with one attached hydrogen (secondary N) is 1. The molecule has 1 heterocycles. The Kier molecular flexibility index (Phi) is 3.66. The number of carbonyl (C=O) groups excluding carboxylic acids is 1. The molecule has 0 bridgehead atoms. The van der Waals surface area contributed by atoms with Gasteiger partial charge in [-0.05, 0) is 30.7 Å². The molecule has 98 valence electrons. The molecule has 0 saturated carbocycles. The maximum absolute atomic E-state index is 11.6. The predicted octanol–water partition coefficient (Wildman–Crippen LogP) is 2.30. The summed E-state index contributed by atoms with van der Waals surface area (Å²) < 4.78 is 5.09. The minimum Gasteiger partial charge on any atom is -0.480 e. The fourth-order valence-electron chi connectivity index (χ4n) is 1.79. The second-order valence-electron chi connectivity index (χ2n) is 3.90. The summed E-state index contributed by atoms with van der Waals surface area (Å²) in [4.78, 5) is 23.1. The third-order valence-electron chi connectivity index (χ3n) is 2.62. The largest absolute Gasteiger partial charge is 0.480 e. The number of rotatable bonds is 3. The normalized spacial score (nSPS) is 10.3. The molecule has 1 aromatic heterocycles. The quantitative estimate of drug-likeness (QED) is 0.875. The van der Waals surface area contributed by atoms with Gasteiger partial charge >= 0.3 is 0 Å². The van der Waals surface area contributed by atoms with Crippen molar-refractivity contribution in [2.24, 2.45) is 0 Å². The van der Waals surface area contributed by atoms with Gasteiger partial charge in [-0.15, -0.1) is 5.10 Å². The van der Waals surface area contributed by atoms with Crippen LogP contribution >= 0.6 is 11.6 Å². The topological polar surface area (TPSA) is 72.0 Å². The number of methoxy groups -OCH3 is 1. The molecule has 6 heteroatoms. The Morgan fingerprint density at radius 1 is 1.32 bits per heavy atom. The first kappa shape index (κ1) is 13.3. The lowest BCUT2D eigenvalue weighted by atomic mass is 9.98. The van der Waals surface area contributed by atoms with Crippen LogP contribution in [0.3, 0.4) is 0 Å². The van der Waals surface area contributed by atoms with Gasteiger partial charge in [0.1, 0.15) is 0 Å². The molecule has 0 aliphatic rings. The van der Waals surface area contributed by atoms with Crippen LogP contribution in [0.15, 0.2) is 29.1 Å². The van der Waals surface area contributed by atoms with Gasteiger partial charge in [-0.2, -0.15) is 0 Å². The fraction of sp³-hybridized carbons (Fsp3) is 0.154. The van der Waals surface area contributed by atoms with Crippen molar-refractivity contribution < 1.29 is 9.53 Å². The first-order chi connectivity index (χ1) is 9.02. The van der Waals surface area contributed by atoms with Gasteiger partial charge in [0.05, 0.1) is 12.7 Å². The van der Waals surface area contributed by atoms with Gasteiger partial charge in [0, 0.05) is 16.7 Å². The number of ether oxygens (including phenoxy) is 1. The van der Waals surface area contributed by atoms with Gasteiger partial charge in [-0.3, -0.25) is 9.59 Å². The highest BCUT2D eigenvalue weighted by Crippen LogP contribution is 2.31. The Morgan fingerprint density at radius 2 is 2.05 bits per heavy atom. The molecule has 0 spiro atoms. The lowest BCUT2D eigenvalue weighted by Gasteiger charge is -2.10. The van der Waals surface area contributed by atoms with Crippen molar-refractivity contribution in [3.05, 3.63) is 45.2 Å². The van der Waals surface area contributed by atoms with E-state index in [9.17, 15) is 9.59 Å². The summed E-state index contributed by atoms with van der Waals surface area (Å²) in [5, 5.41) is 6.53. The lowest BCUT2D eigenvalue weighted by Crippen LogP contribution is -2.09. The van der Waals surface area contributed by atoms with Crippen molar-refractivity contribution in [2.75, 3.05) is 7.11 Å². The average molecular weight is 279 g/mol. The standard InChI is InChI=1S/C13H11ClN2O3/c1-7(17)9-4-3-8(14)5-10(9)11-6-12(18)15-16-13(11)19-2/h3-6H,1-2H3,(H,15,18). The highest BCUT2D eigenvalue weighted by Gasteiger charge is 2.15. The van der Waals surface area contributed by atoms with Gasteiger partial charge in [-0.1, -0.05) is 11.6 Å². The Morgan fingerprint density at radius 3 is 2.68 bits per heavy atom. The van der Waals surface area contributed by atoms with E-state index in [0.717, 1.165) is 0 Å². The van der Waals surface area contributed by atoms with Crippen LogP contribution in [0.2, 0.25) is 5.02 Å². The van der Waals surface area contributed by atoms with E-state index >= 15 is 0 Å². The van der Waals surface area contributed by atoms with Crippen LogP contribution in [0.5, 0.6) is 5.88 Å². The summed E-state index contributed by atoms with van der Waals surface area (Å²) in [5.41, 5.74) is 1.02. The van der Waals surface area contributed by atoms with Crippen LogP contribution in [0, 0.1) is 0 Å². The van der Waals surface area contributed by atoms with E-state index in [4.69, 9.17) is 16.3 Å². The zero-order valence-electron chi connectivity index (χ0n) is 10.4. The summed E-state index contributed by atoms with van der Waals surface area (Å²) in [7, 11) is 1.43. The van der Waals surface area contributed by atoms with E-state index < -0.39 is 0 Å². The first-order valence-corrected chi connectivity index (χ1v) is 5.85. The third kappa shape index (κ3) is 2.66. The van der Waals surface area contributed by atoms with Crippen LogP contribution in [0.25, 0.3) is 11.1 Å². The van der Waals surface area contributed by atoms with E-state index in [1.807, 2.05) is 0 Å². The Hall–Kier alpha value is -2.14. The second kappa shape index (κ2) is 5.24. The molecule has 0 amide bonds.